The highest BCUT2D eigenvalue weighted by atomic mass is 14.7. The zero-order valence-electron chi connectivity index (χ0n) is 24.6. The fourth-order valence-electron chi connectivity index (χ4n) is 7.37. The number of rotatable bonds is 4. The Morgan fingerprint density at radius 2 is 1.07 bits per heavy atom. The summed E-state index contributed by atoms with van der Waals surface area (Å²) in [4.78, 5) is 10.1. The van der Waals surface area contributed by atoms with Gasteiger partial charge in [-0.1, -0.05) is 127 Å². The predicted molar refractivity (Wildman–Crippen MR) is 185 cm³/mol. The molecule has 210 valence electrons. The van der Waals surface area contributed by atoms with E-state index in [0.29, 0.717) is 0 Å². The van der Waals surface area contributed by atoms with Crippen LogP contribution in [0.5, 0.6) is 0 Å². The molecule has 0 bridgehead atoms. The van der Waals surface area contributed by atoms with Gasteiger partial charge in [-0.25, -0.2) is 4.98 Å². The van der Waals surface area contributed by atoms with Crippen molar-refractivity contribution in [1.82, 2.24) is 9.97 Å². The smallest absolute Gasteiger partial charge is 0.0803 e. The first-order valence-electron chi connectivity index (χ1n) is 15.4. The molecule has 0 fully saturated rings. The van der Waals surface area contributed by atoms with E-state index in [1.165, 1.54) is 44.2 Å². The van der Waals surface area contributed by atoms with E-state index in [1.807, 2.05) is 18.3 Å². The van der Waals surface area contributed by atoms with Crippen molar-refractivity contribution in [3.05, 3.63) is 192 Å². The fraction of sp³-hybridized carbons (Fsp3) is 0.0233. The van der Waals surface area contributed by atoms with Gasteiger partial charge in [0.25, 0.3) is 0 Å². The first-order chi connectivity index (χ1) is 22.3. The van der Waals surface area contributed by atoms with Crippen LogP contribution < -0.4 is 0 Å². The summed E-state index contributed by atoms with van der Waals surface area (Å²) in [5.41, 5.74) is 12.1. The van der Waals surface area contributed by atoms with Crippen LogP contribution in [0.15, 0.2) is 170 Å². The van der Waals surface area contributed by atoms with Crippen molar-refractivity contribution in [3.63, 3.8) is 0 Å². The predicted octanol–water partition coefficient (Wildman–Crippen LogP) is 10.5. The maximum Gasteiger partial charge on any atom is 0.0803 e. The molecule has 1 aliphatic carbocycles. The summed E-state index contributed by atoms with van der Waals surface area (Å²) in [6, 6.07) is 59.0. The molecule has 2 heteroatoms. The van der Waals surface area contributed by atoms with E-state index in [-0.39, 0.29) is 0 Å². The van der Waals surface area contributed by atoms with Gasteiger partial charge >= 0.3 is 0 Å². The molecule has 0 N–H and O–H groups in total. The lowest BCUT2D eigenvalue weighted by atomic mass is 9.67. The summed E-state index contributed by atoms with van der Waals surface area (Å²) in [6.07, 6.45) is 1.86. The molecule has 0 aliphatic heterocycles. The minimum absolute atomic E-state index is 0.495. The van der Waals surface area contributed by atoms with Gasteiger partial charge in [0, 0.05) is 22.7 Å². The first kappa shape index (κ1) is 25.6. The largest absolute Gasteiger partial charge is 0.256 e. The van der Waals surface area contributed by atoms with Crippen LogP contribution in [-0.2, 0) is 5.41 Å². The third kappa shape index (κ3) is 3.89. The van der Waals surface area contributed by atoms with E-state index in [9.17, 15) is 0 Å². The third-order valence-corrected chi connectivity index (χ3v) is 9.36. The lowest BCUT2D eigenvalue weighted by molar-refractivity contribution is 0.770. The average molecular weight is 573 g/mol. The lowest BCUT2D eigenvalue weighted by Gasteiger charge is -2.34. The molecule has 2 heterocycles. The number of benzene rings is 6. The van der Waals surface area contributed by atoms with Crippen LogP contribution in [0.25, 0.3) is 55.3 Å². The van der Waals surface area contributed by atoms with E-state index in [4.69, 9.17) is 9.97 Å². The Kier molecular flexibility index (Phi) is 5.76. The molecular formula is C43H28N2. The molecule has 0 radical (unpaired) electrons. The zero-order chi connectivity index (χ0) is 29.8. The molecule has 0 saturated carbocycles. The Labute approximate surface area is 262 Å². The quantitative estimate of drug-likeness (QED) is 0.210. The SMILES string of the molecule is c1ccc(-c2nc(-c3ccc4c(c3)C(c3ccccc3)(c3ccccc3)c3cc5ccccc5cc3-4)cc3ncccc23)cc1. The summed E-state index contributed by atoms with van der Waals surface area (Å²) in [6.45, 7) is 0. The van der Waals surface area contributed by atoms with Crippen molar-refractivity contribution < 1.29 is 0 Å². The summed E-state index contributed by atoms with van der Waals surface area (Å²) >= 11 is 0. The van der Waals surface area contributed by atoms with Crippen molar-refractivity contribution >= 4 is 21.7 Å². The van der Waals surface area contributed by atoms with Gasteiger partial charge in [-0.05, 0) is 80.6 Å². The lowest BCUT2D eigenvalue weighted by Crippen LogP contribution is -2.28. The fourth-order valence-corrected chi connectivity index (χ4v) is 7.37. The Bertz CT molecular complexity index is 2320. The van der Waals surface area contributed by atoms with Gasteiger partial charge in [0.05, 0.1) is 22.3 Å². The molecule has 0 unspecified atom stereocenters. The van der Waals surface area contributed by atoms with E-state index in [1.54, 1.807) is 0 Å². The summed E-state index contributed by atoms with van der Waals surface area (Å²) in [5.74, 6) is 0. The molecule has 2 aromatic heterocycles. The van der Waals surface area contributed by atoms with Crippen molar-refractivity contribution in [1.29, 1.82) is 0 Å². The number of hydrogen-bond donors (Lipinski definition) is 0. The molecule has 0 saturated heterocycles. The van der Waals surface area contributed by atoms with Crippen molar-refractivity contribution in [2.75, 3.05) is 0 Å². The second-order valence-corrected chi connectivity index (χ2v) is 11.8. The molecule has 9 rings (SSSR count). The second kappa shape index (κ2) is 10.1. The highest BCUT2D eigenvalue weighted by molar-refractivity contribution is 5.98. The van der Waals surface area contributed by atoms with Crippen LogP contribution >= 0.6 is 0 Å². The molecule has 2 nitrogen and oxygen atoms in total. The van der Waals surface area contributed by atoms with Crippen molar-refractivity contribution in [3.8, 4) is 33.6 Å². The van der Waals surface area contributed by atoms with Gasteiger partial charge in [0.15, 0.2) is 0 Å². The van der Waals surface area contributed by atoms with Crippen LogP contribution in [0.4, 0.5) is 0 Å². The maximum atomic E-state index is 5.31. The highest BCUT2D eigenvalue weighted by Gasteiger charge is 2.46. The molecule has 8 aromatic rings. The second-order valence-electron chi connectivity index (χ2n) is 11.8. The highest BCUT2D eigenvalue weighted by Crippen LogP contribution is 2.57. The molecule has 0 atom stereocenters. The van der Waals surface area contributed by atoms with E-state index >= 15 is 0 Å². The van der Waals surface area contributed by atoms with Crippen LogP contribution in [0, 0.1) is 0 Å². The summed E-state index contributed by atoms with van der Waals surface area (Å²) < 4.78 is 0. The van der Waals surface area contributed by atoms with Gasteiger partial charge in [0.1, 0.15) is 0 Å². The Morgan fingerprint density at radius 3 is 1.78 bits per heavy atom. The maximum absolute atomic E-state index is 5.31. The van der Waals surface area contributed by atoms with E-state index < -0.39 is 5.41 Å². The van der Waals surface area contributed by atoms with Crippen LogP contribution in [-0.4, -0.2) is 9.97 Å². The molecule has 0 amide bonds. The number of aromatic nitrogens is 2. The van der Waals surface area contributed by atoms with E-state index in [0.717, 1.165) is 33.4 Å². The van der Waals surface area contributed by atoms with Crippen LogP contribution in [0.1, 0.15) is 22.3 Å². The average Bonchev–Trinajstić information content (AvgIpc) is 3.40. The van der Waals surface area contributed by atoms with Gasteiger partial charge in [-0.2, -0.15) is 0 Å². The molecule has 45 heavy (non-hydrogen) atoms. The first-order valence-corrected chi connectivity index (χ1v) is 15.4. The minimum atomic E-state index is -0.495. The van der Waals surface area contributed by atoms with Crippen LogP contribution in [0.2, 0.25) is 0 Å². The number of nitrogens with zero attached hydrogens (tertiary/aromatic N) is 2. The van der Waals surface area contributed by atoms with Crippen molar-refractivity contribution in [2.45, 2.75) is 5.41 Å². The Hall–Kier alpha value is -5.86. The molecular weight excluding hydrogens is 544 g/mol. The summed E-state index contributed by atoms with van der Waals surface area (Å²) in [7, 11) is 0. The topological polar surface area (TPSA) is 25.8 Å². The standard InChI is InChI=1S/C43H28N2/c1-4-13-29(14-5-1)42-36-21-12-24-44-41(36)28-40(45-42)32-22-23-35-37-25-30-15-10-11-16-31(30)26-39(37)43(38(35)27-32,33-17-6-2-7-18-33)34-19-8-3-9-20-34/h1-28H. The van der Waals surface area contributed by atoms with Gasteiger partial charge in [-0.15, -0.1) is 0 Å². The molecule has 6 aromatic carbocycles. The minimum Gasteiger partial charge on any atom is -0.256 e. The van der Waals surface area contributed by atoms with Crippen LogP contribution in [0.3, 0.4) is 0 Å². The third-order valence-electron chi connectivity index (χ3n) is 9.36. The number of hydrogen-bond acceptors (Lipinski definition) is 2. The number of pyridine rings is 2. The normalized spacial score (nSPS) is 13.1. The van der Waals surface area contributed by atoms with Crippen molar-refractivity contribution in [2.24, 2.45) is 0 Å². The summed E-state index contributed by atoms with van der Waals surface area (Å²) in [5, 5.41) is 3.55. The van der Waals surface area contributed by atoms with Gasteiger partial charge in [0.2, 0.25) is 0 Å². The Balaban J connectivity index is 1.37. The van der Waals surface area contributed by atoms with Gasteiger partial charge in [-0.3, -0.25) is 4.98 Å². The zero-order valence-corrected chi connectivity index (χ0v) is 24.6. The monoisotopic (exact) mass is 572 g/mol. The molecule has 0 spiro atoms. The molecule has 1 aliphatic rings. The Morgan fingerprint density at radius 1 is 0.444 bits per heavy atom. The number of fused-ring (bicyclic) bond motifs is 5. The van der Waals surface area contributed by atoms with Gasteiger partial charge < -0.3 is 0 Å². The van der Waals surface area contributed by atoms with E-state index in [2.05, 4.69) is 152 Å².